The first kappa shape index (κ1) is 13.8. The monoisotopic (exact) mass is 246 g/mol. The highest BCUT2D eigenvalue weighted by Crippen LogP contribution is 2.33. The molecule has 0 radical (unpaired) electrons. The summed E-state index contributed by atoms with van der Waals surface area (Å²) in [5.41, 5.74) is 0. The molecule has 0 aromatic heterocycles. The molecule has 4 heteroatoms. The number of nitrogens with one attached hydrogen (secondary N) is 2. The molecule has 1 amide bonds. The molecule has 2 rings (SSSR count). The van der Waals surface area contributed by atoms with E-state index in [9.17, 15) is 4.79 Å². The van der Waals surface area contributed by atoms with Gasteiger partial charge in [-0.05, 0) is 38.1 Å². The molecule has 1 heterocycles. The van der Waals surface area contributed by atoms with Crippen LogP contribution in [-0.2, 0) is 4.79 Å². The Balaban J connectivity index is 0.00000128. The van der Waals surface area contributed by atoms with Gasteiger partial charge in [-0.1, -0.05) is 12.8 Å². The second kappa shape index (κ2) is 7.13. The number of carbonyl (C=O) groups excluding carboxylic acids is 1. The van der Waals surface area contributed by atoms with Crippen LogP contribution in [0.1, 0.15) is 44.9 Å². The van der Waals surface area contributed by atoms with Crippen molar-refractivity contribution in [3.05, 3.63) is 0 Å². The maximum Gasteiger partial charge on any atom is 0.220 e. The molecule has 0 unspecified atom stereocenters. The van der Waals surface area contributed by atoms with Crippen molar-refractivity contribution < 1.29 is 4.79 Å². The van der Waals surface area contributed by atoms with Gasteiger partial charge in [0.1, 0.15) is 0 Å². The first-order valence-electron chi connectivity index (χ1n) is 6.34. The molecule has 1 saturated carbocycles. The Hall–Kier alpha value is -0.280. The highest BCUT2D eigenvalue weighted by Gasteiger charge is 2.21. The predicted molar refractivity (Wildman–Crippen MR) is 67.9 cm³/mol. The molecule has 0 bridgehead atoms. The van der Waals surface area contributed by atoms with Crippen LogP contribution in [0.15, 0.2) is 0 Å². The van der Waals surface area contributed by atoms with E-state index >= 15 is 0 Å². The molecule has 1 atom stereocenters. The summed E-state index contributed by atoms with van der Waals surface area (Å²) < 4.78 is 0. The van der Waals surface area contributed by atoms with Gasteiger partial charge in [-0.15, -0.1) is 12.4 Å². The van der Waals surface area contributed by atoms with Gasteiger partial charge >= 0.3 is 0 Å². The van der Waals surface area contributed by atoms with Crippen LogP contribution in [0.3, 0.4) is 0 Å². The summed E-state index contributed by atoms with van der Waals surface area (Å²) in [5, 5.41) is 6.45. The van der Waals surface area contributed by atoms with Crippen molar-refractivity contribution in [3.8, 4) is 0 Å². The van der Waals surface area contributed by atoms with E-state index in [0.717, 1.165) is 38.3 Å². The Morgan fingerprint density at radius 2 is 2.06 bits per heavy atom. The molecular weight excluding hydrogens is 224 g/mol. The standard InChI is InChI=1S/C12H22N2O.ClH/c15-12(6-5-10-3-4-10)14-9-7-11-2-1-8-13-11;/h10-11,13H,1-9H2,(H,14,15);1H/t11-;/m1./s1. The van der Waals surface area contributed by atoms with Crippen LogP contribution in [-0.4, -0.2) is 25.0 Å². The smallest absolute Gasteiger partial charge is 0.220 e. The molecule has 1 saturated heterocycles. The fraction of sp³-hybridized carbons (Fsp3) is 0.917. The van der Waals surface area contributed by atoms with Crippen molar-refractivity contribution in [2.24, 2.45) is 5.92 Å². The molecule has 1 aliphatic heterocycles. The molecule has 16 heavy (non-hydrogen) atoms. The lowest BCUT2D eigenvalue weighted by molar-refractivity contribution is -0.121. The Morgan fingerprint density at radius 1 is 1.25 bits per heavy atom. The van der Waals surface area contributed by atoms with Crippen LogP contribution in [0.2, 0.25) is 0 Å². The van der Waals surface area contributed by atoms with Gasteiger partial charge in [0.25, 0.3) is 0 Å². The zero-order valence-corrected chi connectivity index (χ0v) is 10.7. The average molecular weight is 247 g/mol. The van der Waals surface area contributed by atoms with E-state index in [0.29, 0.717) is 6.04 Å². The highest BCUT2D eigenvalue weighted by molar-refractivity contribution is 5.85. The van der Waals surface area contributed by atoms with Crippen molar-refractivity contribution in [2.75, 3.05) is 13.1 Å². The normalized spacial score (nSPS) is 23.9. The first-order chi connectivity index (χ1) is 7.34. The van der Waals surface area contributed by atoms with Crippen LogP contribution in [0.25, 0.3) is 0 Å². The lowest BCUT2D eigenvalue weighted by Crippen LogP contribution is -2.30. The third kappa shape index (κ3) is 5.17. The Morgan fingerprint density at radius 3 is 2.69 bits per heavy atom. The van der Waals surface area contributed by atoms with Crippen molar-refractivity contribution in [1.82, 2.24) is 10.6 Å². The number of halogens is 1. The zero-order chi connectivity index (χ0) is 10.5. The van der Waals surface area contributed by atoms with Crippen LogP contribution < -0.4 is 10.6 Å². The second-order valence-corrected chi connectivity index (χ2v) is 4.91. The minimum atomic E-state index is 0. The molecule has 3 nitrogen and oxygen atoms in total. The number of carbonyl (C=O) groups is 1. The summed E-state index contributed by atoms with van der Waals surface area (Å²) in [7, 11) is 0. The van der Waals surface area contributed by atoms with E-state index in [1.165, 1.54) is 25.7 Å². The zero-order valence-electron chi connectivity index (χ0n) is 9.84. The van der Waals surface area contributed by atoms with E-state index in [1.54, 1.807) is 0 Å². The van der Waals surface area contributed by atoms with E-state index < -0.39 is 0 Å². The summed E-state index contributed by atoms with van der Waals surface area (Å²) in [6.07, 6.45) is 8.20. The van der Waals surface area contributed by atoms with Gasteiger partial charge in [-0.2, -0.15) is 0 Å². The molecule has 0 aromatic carbocycles. The maximum absolute atomic E-state index is 11.4. The molecular formula is C12H23ClN2O. The van der Waals surface area contributed by atoms with Crippen molar-refractivity contribution in [3.63, 3.8) is 0 Å². The SMILES string of the molecule is Cl.O=C(CCC1CC1)NCC[C@H]1CCCN1. The molecule has 94 valence electrons. The van der Waals surface area contributed by atoms with Gasteiger partial charge in [0.2, 0.25) is 5.91 Å². The minimum absolute atomic E-state index is 0. The lowest BCUT2D eigenvalue weighted by Gasteiger charge is -2.10. The summed E-state index contributed by atoms with van der Waals surface area (Å²) in [6.45, 7) is 2.00. The highest BCUT2D eigenvalue weighted by atomic mass is 35.5. The Kier molecular flexibility index (Phi) is 6.14. The number of amides is 1. The first-order valence-corrected chi connectivity index (χ1v) is 6.34. The molecule has 2 fully saturated rings. The van der Waals surface area contributed by atoms with Crippen LogP contribution in [0.4, 0.5) is 0 Å². The van der Waals surface area contributed by atoms with Gasteiger partial charge in [-0.3, -0.25) is 4.79 Å². The number of hydrogen-bond acceptors (Lipinski definition) is 2. The summed E-state index contributed by atoms with van der Waals surface area (Å²) in [5.74, 6) is 1.12. The van der Waals surface area contributed by atoms with Gasteiger partial charge in [0.05, 0.1) is 0 Å². The van der Waals surface area contributed by atoms with Crippen LogP contribution in [0.5, 0.6) is 0 Å². The van der Waals surface area contributed by atoms with Gasteiger partial charge in [0, 0.05) is 19.0 Å². The topological polar surface area (TPSA) is 41.1 Å². The maximum atomic E-state index is 11.4. The molecule has 1 aliphatic carbocycles. The van der Waals surface area contributed by atoms with Crippen molar-refractivity contribution >= 4 is 18.3 Å². The Bertz CT molecular complexity index is 213. The van der Waals surface area contributed by atoms with E-state index in [-0.39, 0.29) is 18.3 Å². The molecule has 0 spiro atoms. The minimum Gasteiger partial charge on any atom is -0.356 e. The summed E-state index contributed by atoms with van der Waals surface area (Å²) in [6, 6.07) is 0.647. The molecule has 2 N–H and O–H groups in total. The van der Waals surface area contributed by atoms with Gasteiger partial charge in [0.15, 0.2) is 0 Å². The lowest BCUT2D eigenvalue weighted by atomic mass is 10.1. The third-order valence-electron chi connectivity index (χ3n) is 3.45. The summed E-state index contributed by atoms with van der Waals surface area (Å²) >= 11 is 0. The Labute approximate surface area is 104 Å². The number of rotatable bonds is 6. The van der Waals surface area contributed by atoms with E-state index in [1.807, 2.05) is 0 Å². The predicted octanol–water partition coefficient (Wildman–Crippen LogP) is 1.86. The van der Waals surface area contributed by atoms with Crippen molar-refractivity contribution in [1.29, 1.82) is 0 Å². The molecule has 0 aromatic rings. The largest absolute Gasteiger partial charge is 0.356 e. The van der Waals surface area contributed by atoms with E-state index in [4.69, 9.17) is 0 Å². The fourth-order valence-corrected chi connectivity index (χ4v) is 2.22. The third-order valence-corrected chi connectivity index (χ3v) is 3.45. The average Bonchev–Trinajstić information content (AvgIpc) is 2.92. The van der Waals surface area contributed by atoms with Crippen LogP contribution in [0, 0.1) is 5.92 Å². The summed E-state index contributed by atoms with van der Waals surface area (Å²) in [4.78, 5) is 11.4. The van der Waals surface area contributed by atoms with Crippen LogP contribution >= 0.6 is 12.4 Å². The van der Waals surface area contributed by atoms with Gasteiger partial charge < -0.3 is 10.6 Å². The quantitative estimate of drug-likeness (QED) is 0.751. The second-order valence-electron chi connectivity index (χ2n) is 4.91. The van der Waals surface area contributed by atoms with Gasteiger partial charge in [-0.25, -0.2) is 0 Å². The fourth-order valence-electron chi connectivity index (χ4n) is 2.22. The number of hydrogen-bond donors (Lipinski definition) is 2. The van der Waals surface area contributed by atoms with E-state index in [2.05, 4.69) is 10.6 Å². The van der Waals surface area contributed by atoms with Crippen molar-refractivity contribution in [2.45, 2.75) is 51.0 Å². The molecule has 2 aliphatic rings.